The predicted octanol–water partition coefficient (Wildman–Crippen LogP) is 3.00. The van der Waals surface area contributed by atoms with Crippen LogP contribution in [-0.2, 0) is 11.2 Å². The zero-order chi connectivity index (χ0) is 16.1. The Balaban J connectivity index is 1.67. The van der Waals surface area contributed by atoms with Gasteiger partial charge in [0, 0.05) is 13.2 Å². The number of aromatic nitrogens is 2. The molecule has 1 saturated heterocycles. The third-order valence-corrected chi connectivity index (χ3v) is 3.91. The van der Waals surface area contributed by atoms with Crippen LogP contribution in [0.15, 0.2) is 30.6 Å². The van der Waals surface area contributed by atoms with Crippen LogP contribution in [0, 0.1) is 0 Å². The number of rotatable bonds is 6. The third-order valence-electron chi connectivity index (χ3n) is 3.91. The second-order valence-electron chi connectivity index (χ2n) is 5.56. The number of hydrogen-bond acceptors (Lipinski definition) is 6. The number of ether oxygens (including phenoxy) is 2. The molecule has 0 radical (unpaired) electrons. The Morgan fingerprint density at radius 1 is 1.30 bits per heavy atom. The Morgan fingerprint density at radius 2 is 2.13 bits per heavy atom. The molecule has 1 aromatic carbocycles. The third kappa shape index (κ3) is 3.90. The molecule has 3 N–H and O–H groups in total. The number of nitrogens with two attached hydrogens (primary N) is 1. The maximum Gasteiger partial charge on any atom is 0.248 e. The van der Waals surface area contributed by atoms with Crippen LogP contribution in [-0.4, -0.2) is 29.2 Å². The summed E-state index contributed by atoms with van der Waals surface area (Å²) < 4.78 is 11.4. The number of hydrogen-bond donors (Lipinski definition) is 2. The summed E-state index contributed by atoms with van der Waals surface area (Å²) in [5, 5.41) is 3.22. The van der Waals surface area contributed by atoms with Crippen LogP contribution in [0.5, 0.6) is 11.6 Å². The highest BCUT2D eigenvalue weighted by Crippen LogP contribution is 2.29. The van der Waals surface area contributed by atoms with Crippen LogP contribution in [0.2, 0.25) is 0 Å². The first-order valence-electron chi connectivity index (χ1n) is 7.99. The van der Waals surface area contributed by atoms with E-state index < -0.39 is 0 Å². The van der Waals surface area contributed by atoms with Gasteiger partial charge in [0.15, 0.2) is 5.82 Å². The summed E-state index contributed by atoms with van der Waals surface area (Å²) in [6, 6.07) is 7.90. The van der Waals surface area contributed by atoms with Crippen molar-refractivity contribution in [2.24, 2.45) is 0 Å². The molecule has 1 unspecified atom stereocenters. The number of nitrogen functional groups attached to an aromatic ring is 1. The maximum atomic E-state index is 6.12. The number of nitrogens with zero attached hydrogens (tertiary/aromatic N) is 2. The van der Waals surface area contributed by atoms with Gasteiger partial charge in [0.1, 0.15) is 17.8 Å². The highest BCUT2D eigenvalue weighted by Gasteiger charge is 2.17. The fourth-order valence-corrected chi connectivity index (χ4v) is 2.52. The molecule has 0 spiro atoms. The summed E-state index contributed by atoms with van der Waals surface area (Å²) in [7, 11) is 0. The normalized spacial score (nSPS) is 17.2. The molecule has 0 saturated carbocycles. The van der Waals surface area contributed by atoms with Crippen LogP contribution >= 0.6 is 0 Å². The summed E-state index contributed by atoms with van der Waals surface area (Å²) >= 11 is 0. The Morgan fingerprint density at radius 3 is 2.83 bits per heavy atom. The standard InChI is InChI=1S/C17H22N4O2/c1-2-12-5-7-13(8-6-12)23-17-15(18)16(20-11-21-17)19-10-14-4-3-9-22-14/h5-8,11,14H,2-4,9-10,18H2,1H3,(H,19,20,21). The van der Waals surface area contributed by atoms with Gasteiger partial charge in [-0.15, -0.1) is 0 Å². The van der Waals surface area contributed by atoms with Crippen molar-refractivity contribution in [1.29, 1.82) is 0 Å². The van der Waals surface area contributed by atoms with Crippen LogP contribution in [0.1, 0.15) is 25.3 Å². The van der Waals surface area contributed by atoms with Crippen molar-refractivity contribution < 1.29 is 9.47 Å². The van der Waals surface area contributed by atoms with Crippen molar-refractivity contribution in [3.05, 3.63) is 36.2 Å². The van der Waals surface area contributed by atoms with Crippen molar-refractivity contribution in [1.82, 2.24) is 9.97 Å². The molecular weight excluding hydrogens is 292 g/mol. The van der Waals surface area contributed by atoms with E-state index in [1.165, 1.54) is 11.9 Å². The van der Waals surface area contributed by atoms with Gasteiger partial charge in [0.2, 0.25) is 5.88 Å². The molecule has 122 valence electrons. The molecule has 2 heterocycles. The van der Waals surface area contributed by atoms with Gasteiger partial charge in [0.05, 0.1) is 6.10 Å². The Labute approximate surface area is 136 Å². The van der Waals surface area contributed by atoms with Gasteiger partial charge in [-0.2, -0.15) is 4.98 Å². The molecule has 1 aliphatic rings. The van der Waals surface area contributed by atoms with Gasteiger partial charge in [-0.3, -0.25) is 0 Å². The first-order valence-corrected chi connectivity index (χ1v) is 7.99. The van der Waals surface area contributed by atoms with E-state index in [4.69, 9.17) is 15.2 Å². The first kappa shape index (κ1) is 15.6. The molecule has 0 bridgehead atoms. The Hall–Kier alpha value is -2.34. The number of aryl methyl sites for hydroxylation is 1. The fraction of sp³-hybridized carbons (Fsp3) is 0.412. The molecule has 3 rings (SSSR count). The summed E-state index contributed by atoms with van der Waals surface area (Å²) in [6.45, 7) is 3.63. The molecule has 1 fully saturated rings. The Kier molecular flexibility index (Phi) is 4.92. The lowest BCUT2D eigenvalue weighted by Crippen LogP contribution is -2.19. The van der Waals surface area contributed by atoms with E-state index in [0.29, 0.717) is 29.7 Å². The van der Waals surface area contributed by atoms with Crippen molar-refractivity contribution >= 4 is 11.5 Å². The summed E-state index contributed by atoms with van der Waals surface area (Å²) in [6.07, 6.45) is 4.83. The van der Waals surface area contributed by atoms with Gasteiger partial charge in [-0.05, 0) is 37.0 Å². The molecule has 1 aromatic heterocycles. The predicted molar refractivity (Wildman–Crippen MR) is 89.8 cm³/mol. The minimum atomic E-state index is 0.218. The maximum absolute atomic E-state index is 6.12. The van der Waals surface area contributed by atoms with Crippen molar-refractivity contribution in [3.8, 4) is 11.6 Å². The second kappa shape index (κ2) is 7.28. The smallest absolute Gasteiger partial charge is 0.248 e. The first-order chi connectivity index (χ1) is 11.3. The van der Waals surface area contributed by atoms with Crippen LogP contribution in [0.3, 0.4) is 0 Å². The monoisotopic (exact) mass is 314 g/mol. The average Bonchev–Trinajstić information content (AvgIpc) is 3.10. The van der Waals surface area contributed by atoms with Gasteiger partial charge < -0.3 is 20.5 Å². The highest BCUT2D eigenvalue weighted by molar-refractivity contribution is 5.67. The molecule has 6 nitrogen and oxygen atoms in total. The van der Waals surface area contributed by atoms with Gasteiger partial charge in [-0.1, -0.05) is 19.1 Å². The van der Waals surface area contributed by atoms with Crippen molar-refractivity contribution in [2.75, 3.05) is 24.2 Å². The molecule has 0 aliphatic carbocycles. The van der Waals surface area contributed by atoms with Crippen LogP contribution in [0.4, 0.5) is 11.5 Å². The Bertz CT molecular complexity index is 640. The molecule has 23 heavy (non-hydrogen) atoms. The number of anilines is 2. The van der Waals surface area contributed by atoms with E-state index in [0.717, 1.165) is 25.9 Å². The molecule has 0 amide bonds. The van der Waals surface area contributed by atoms with E-state index in [9.17, 15) is 0 Å². The van der Waals surface area contributed by atoms with Crippen molar-refractivity contribution in [2.45, 2.75) is 32.3 Å². The van der Waals surface area contributed by atoms with Gasteiger partial charge >= 0.3 is 0 Å². The average molecular weight is 314 g/mol. The van der Waals surface area contributed by atoms with Crippen LogP contribution in [0.25, 0.3) is 0 Å². The lowest BCUT2D eigenvalue weighted by molar-refractivity contribution is 0.120. The summed E-state index contributed by atoms with van der Waals surface area (Å²) in [5.41, 5.74) is 7.78. The van der Waals surface area contributed by atoms with E-state index in [-0.39, 0.29) is 6.10 Å². The molecule has 1 aliphatic heterocycles. The van der Waals surface area contributed by atoms with E-state index in [1.807, 2.05) is 24.3 Å². The quantitative estimate of drug-likeness (QED) is 0.853. The summed E-state index contributed by atoms with van der Waals surface area (Å²) in [4.78, 5) is 8.31. The molecule has 2 aromatic rings. The number of benzene rings is 1. The van der Waals surface area contributed by atoms with E-state index in [1.54, 1.807) is 0 Å². The lowest BCUT2D eigenvalue weighted by Gasteiger charge is -2.14. The second-order valence-corrected chi connectivity index (χ2v) is 5.56. The molecule has 1 atom stereocenters. The molecular formula is C17H22N4O2. The highest BCUT2D eigenvalue weighted by atomic mass is 16.5. The zero-order valence-electron chi connectivity index (χ0n) is 13.3. The summed E-state index contributed by atoms with van der Waals surface area (Å²) in [5.74, 6) is 1.65. The van der Waals surface area contributed by atoms with Gasteiger partial charge in [-0.25, -0.2) is 4.98 Å². The van der Waals surface area contributed by atoms with E-state index >= 15 is 0 Å². The van der Waals surface area contributed by atoms with Crippen LogP contribution < -0.4 is 15.8 Å². The largest absolute Gasteiger partial charge is 0.437 e. The van der Waals surface area contributed by atoms with E-state index in [2.05, 4.69) is 22.2 Å². The van der Waals surface area contributed by atoms with Crippen molar-refractivity contribution in [3.63, 3.8) is 0 Å². The fourth-order valence-electron chi connectivity index (χ4n) is 2.52. The number of nitrogens with one attached hydrogen (secondary N) is 1. The van der Waals surface area contributed by atoms with Gasteiger partial charge in [0.25, 0.3) is 0 Å². The lowest BCUT2D eigenvalue weighted by atomic mass is 10.2. The zero-order valence-corrected chi connectivity index (χ0v) is 13.3. The topological polar surface area (TPSA) is 82.3 Å². The minimum Gasteiger partial charge on any atom is -0.437 e. The minimum absolute atomic E-state index is 0.218. The molecule has 6 heteroatoms. The SMILES string of the molecule is CCc1ccc(Oc2ncnc(NCC3CCCO3)c2N)cc1.